The number of aliphatic hydroxyl groups is 1. The molecular weight excluding hydrogens is 299 g/mol. The third-order valence-corrected chi connectivity index (χ3v) is 3.17. The van der Waals surface area contributed by atoms with Crippen LogP contribution >= 0.6 is 0 Å². The van der Waals surface area contributed by atoms with Gasteiger partial charge in [-0.25, -0.2) is 13.2 Å². The molecule has 5 nitrogen and oxygen atoms in total. The number of nitrogens with one attached hydrogen (secondary N) is 1. The van der Waals surface area contributed by atoms with Gasteiger partial charge in [-0.2, -0.15) is 5.10 Å². The largest absolute Gasteiger partial charge is 0.383 e. The van der Waals surface area contributed by atoms with E-state index in [0.29, 0.717) is 17.7 Å². The first-order valence-corrected chi connectivity index (χ1v) is 6.35. The second kappa shape index (κ2) is 5.80. The lowest BCUT2D eigenvalue weighted by Gasteiger charge is -2.22. The van der Waals surface area contributed by atoms with Crippen molar-refractivity contribution in [2.45, 2.75) is 12.5 Å². The molecule has 22 heavy (non-hydrogen) atoms. The average Bonchev–Trinajstić information content (AvgIpc) is 2.89. The van der Waals surface area contributed by atoms with Crippen LogP contribution in [0.15, 0.2) is 24.5 Å². The summed E-state index contributed by atoms with van der Waals surface area (Å²) < 4.78 is 40.5. The summed E-state index contributed by atoms with van der Waals surface area (Å²) in [6.07, 6.45) is 3.01. The number of hydrogen-bond acceptors (Lipinski definition) is 3. The monoisotopic (exact) mass is 313 g/mol. The number of rotatable bonds is 4. The van der Waals surface area contributed by atoms with Gasteiger partial charge in [0.05, 0.1) is 12.7 Å². The molecule has 2 aromatic rings. The molecule has 0 saturated heterocycles. The second-order valence-corrected chi connectivity index (χ2v) is 5.11. The molecule has 2 N–H and O–H groups in total. The standard InChI is InChI=1S/C14H14F3N3O2/c1-14(22,9-5-19-20(2)6-9)7-18-13(21)8-3-10(15)12(17)11(16)4-8/h3-6,22H,7H2,1-2H3,(H,18,21)/t14-/m0/s1. The highest BCUT2D eigenvalue weighted by Gasteiger charge is 2.26. The number of halogens is 3. The zero-order valence-corrected chi connectivity index (χ0v) is 11.9. The third-order valence-electron chi connectivity index (χ3n) is 3.17. The molecule has 0 aliphatic rings. The summed E-state index contributed by atoms with van der Waals surface area (Å²) in [5.74, 6) is -5.38. The Morgan fingerprint density at radius 3 is 2.45 bits per heavy atom. The number of benzene rings is 1. The van der Waals surface area contributed by atoms with E-state index < -0.39 is 29.0 Å². The summed E-state index contributed by atoms with van der Waals surface area (Å²) in [7, 11) is 1.67. The van der Waals surface area contributed by atoms with Gasteiger partial charge in [0.2, 0.25) is 0 Å². The SMILES string of the molecule is Cn1cc([C@@](C)(O)CNC(=O)c2cc(F)c(F)c(F)c2)cn1. The van der Waals surface area contributed by atoms with Crippen LogP contribution in [0.5, 0.6) is 0 Å². The molecule has 0 spiro atoms. The van der Waals surface area contributed by atoms with Crippen LogP contribution in [0.2, 0.25) is 0 Å². The summed E-state index contributed by atoms with van der Waals surface area (Å²) in [5, 5.41) is 16.5. The number of amides is 1. The number of carbonyl (C=O) groups is 1. The van der Waals surface area contributed by atoms with Crippen molar-refractivity contribution in [1.82, 2.24) is 15.1 Å². The Morgan fingerprint density at radius 2 is 1.95 bits per heavy atom. The van der Waals surface area contributed by atoms with Gasteiger partial charge in [0.15, 0.2) is 17.5 Å². The first kappa shape index (κ1) is 16.0. The number of nitrogens with zero attached hydrogens (tertiary/aromatic N) is 2. The Labute approximate surface area is 124 Å². The van der Waals surface area contributed by atoms with Gasteiger partial charge in [-0.15, -0.1) is 0 Å². The number of aromatic nitrogens is 2. The van der Waals surface area contributed by atoms with E-state index in [1.165, 1.54) is 17.8 Å². The zero-order chi connectivity index (χ0) is 16.5. The van der Waals surface area contributed by atoms with E-state index in [1.807, 2.05) is 0 Å². The van der Waals surface area contributed by atoms with Crippen molar-refractivity contribution in [3.8, 4) is 0 Å². The Kier molecular flexibility index (Phi) is 4.23. The molecule has 0 saturated carbocycles. The normalized spacial score (nSPS) is 13.7. The first-order valence-electron chi connectivity index (χ1n) is 6.35. The van der Waals surface area contributed by atoms with Crippen LogP contribution < -0.4 is 5.32 Å². The fourth-order valence-electron chi connectivity index (χ4n) is 1.84. The lowest BCUT2D eigenvalue weighted by molar-refractivity contribution is 0.0525. The second-order valence-electron chi connectivity index (χ2n) is 5.11. The van der Waals surface area contributed by atoms with Gasteiger partial charge in [0.25, 0.3) is 5.91 Å². The molecule has 0 bridgehead atoms. The van der Waals surface area contributed by atoms with Gasteiger partial charge in [-0.1, -0.05) is 0 Å². The predicted octanol–water partition coefficient (Wildman–Crippen LogP) is 1.47. The van der Waals surface area contributed by atoms with Crippen LogP contribution in [0.3, 0.4) is 0 Å². The van der Waals surface area contributed by atoms with Crippen molar-refractivity contribution >= 4 is 5.91 Å². The first-order chi connectivity index (χ1) is 10.2. The van der Waals surface area contributed by atoms with E-state index in [-0.39, 0.29) is 12.1 Å². The van der Waals surface area contributed by atoms with Crippen LogP contribution in [0.4, 0.5) is 13.2 Å². The molecule has 8 heteroatoms. The van der Waals surface area contributed by atoms with E-state index in [4.69, 9.17) is 0 Å². The molecular formula is C14H14F3N3O2. The Bertz CT molecular complexity index is 690. The molecule has 0 aliphatic carbocycles. The van der Waals surface area contributed by atoms with Gasteiger partial charge in [-0.05, 0) is 19.1 Å². The molecule has 2 rings (SSSR count). The Balaban J connectivity index is 2.10. The molecule has 1 heterocycles. The van der Waals surface area contributed by atoms with Crippen LogP contribution in [0.1, 0.15) is 22.8 Å². The molecule has 118 valence electrons. The summed E-state index contributed by atoms with van der Waals surface area (Å²) in [4.78, 5) is 11.8. The minimum atomic E-state index is -1.64. The fourth-order valence-corrected chi connectivity index (χ4v) is 1.84. The van der Waals surface area contributed by atoms with Gasteiger partial charge < -0.3 is 10.4 Å². The van der Waals surface area contributed by atoms with E-state index in [9.17, 15) is 23.1 Å². The molecule has 1 aromatic heterocycles. The van der Waals surface area contributed by atoms with Crippen molar-refractivity contribution in [3.05, 3.63) is 53.1 Å². The maximum absolute atomic E-state index is 13.1. The summed E-state index contributed by atoms with van der Waals surface area (Å²) in [6.45, 7) is 1.24. The minimum Gasteiger partial charge on any atom is -0.383 e. The van der Waals surface area contributed by atoms with Crippen molar-refractivity contribution in [2.75, 3.05) is 6.54 Å². The maximum atomic E-state index is 13.1. The van der Waals surface area contributed by atoms with E-state index >= 15 is 0 Å². The molecule has 1 atom stereocenters. The van der Waals surface area contributed by atoms with Crippen LogP contribution in [-0.4, -0.2) is 27.3 Å². The predicted molar refractivity (Wildman–Crippen MR) is 71.4 cm³/mol. The molecule has 0 radical (unpaired) electrons. The van der Waals surface area contributed by atoms with Gasteiger partial charge in [0.1, 0.15) is 5.60 Å². The number of hydrogen-bond donors (Lipinski definition) is 2. The van der Waals surface area contributed by atoms with Crippen molar-refractivity contribution < 1.29 is 23.1 Å². The van der Waals surface area contributed by atoms with Crippen molar-refractivity contribution in [3.63, 3.8) is 0 Å². The summed E-state index contributed by atoms with van der Waals surface area (Å²) in [5.41, 5.74) is -1.33. The van der Waals surface area contributed by atoms with Crippen molar-refractivity contribution in [1.29, 1.82) is 0 Å². The van der Waals surface area contributed by atoms with Crippen LogP contribution in [-0.2, 0) is 12.6 Å². The highest BCUT2D eigenvalue weighted by Crippen LogP contribution is 2.19. The van der Waals surface area contributed by atoms with Gasteiger partial charge >= 0.3 is 0 Å². The quantitative estimate of drug-likeness (QED) is 0.840. The lowest BCUT2D eigenvalue weighted by atomic mass is 9.99. The van der Waals surface area contributed by atoms with E-state index in [1.54, 1.807) is 13.2 Å². The highest BCUT2D eigenvalue weighted by molar-refractivity contribution is 5.94. The average molecular weight is 313 g/mol. The van der Waals surface area contributed by atoms with Crippen LogP contribution in [0.25, 0.3) is 0 Å². The van der Waals surface area contributed by atoms with Crippen molar-refractivity contribution in [2.24, 2.45) is 7.05 Å². The lowest BCUT2D eigenvalue weighted by Crippen LogP contribution is -2.38. The van der Waals surface area contributed by atoms with Gasteiger partial charge in [0, 0.05) is 24.4 Å². The molecule has 0 aliphatic heterocycles. The maximum Gasteiger partial charge on any atom is 0.251 e. The van der Waals surface area contributed by atoms with E-state index in [0.717, 1.165) is 0 Å². The van der Waals surface area contributed by atoms with Crippen LogP contribution in [0, 0.1) is 17.5 Å². The molecule has 1 amide bonds. The molecule has 0 fully saturated rings. The summed E-state index contributed by atoms with van der Waals surface area (Å²) in [6, 6.07) is 1.18. The number of carbonyl (C=O) groups excluding carboxylic acids is 1. The topological polar surface area (TPSA) is 67.2 Å². The van der Waals surface area contributed by atoms with Gasteiger partial charge in [-0.3, -0.25) is 9.48 Å². The van der Waals surface area contributed by atoms with E-state index in [2.05, 4.69) is 10.4 Å². The Morgan fingerprint density at radius 1 is 1.36 bits per heavy atom. The molecule has 1 aromatic carbocycles. The highest BCUT2D eigenvalue weighted by atomic mass is 19.2. The fraction of sp³-hybridized carbons (Fsp3) is 0.286. The Hall–Kier alpha value is -2.35. The number of aryl methyl sites for hydroxylation is 1. The third kappa shape index (κ3) is 3.28. The summed E-state index contributed by atoms with van der Waals surface area (Å²) >= 11 is 0. The molecule has 0 unspecified atom stereocenters. The minimum absolute atomic E-state index is 0.210. The smallest absolute Gasteiger partial charge is 0.251 e. The zero-order valence-electron chi connectivity index (χ0n) is 11.9.